The predicted molar refractivity (Wildman–Crippen MR) is 102 cm³/mol. The average Bonchev–Trinajstić information content (AvgIpc) is 3.07. The van der Waals surface area contributed by atoms with Crippen LogP contribution in [-0.4, -0.2) is 21.7 Å². The molecule has 2 N–H and O–H groups in total. The van der Waals surface area contributed by atoms with Gasteiger partial charge in [0.25, 0.3) is 0 Å². The molecule has 0 fully saturated rings. The molecule has 0 aliphatic heterocycles. The van der Waals surface area contributed by atoms with Crippen LogP contribution >= 0.6 is 0 Å². The van der Waals surface area contributed by atoms with E-state index in [0.29, 0.717) is 11.9 Å². The van der Waals surface area contributed by atoms with Gasteiger partial charge in [-0.1, -0.05) is 26.0 Å². The van der Waals surface area contributed by atoms with Crippen molar-refractivity contribution in [2.45, 2.75) is 32.7 Å². The Balaban J connectivity index is 1.65. The summed E-state index contributed by atoms with van der Waals surface area (Å²) in [5, 5.41) is 2.89. The summed E-state index contributed by atoms with van der Waals surface area (Å²) in [5.41, 5.74) is 1.46. The van der Waals surface area contributed by atoms with Crippen LogP contribution in [0.25, 0.3) is 11.0 Å². The summed E-state index contributed by atoms with van der Waals surface area (Å²) in [4.78, 5) is 32.2. The molecule has 0 saturated heterocycles. The Morgan fingerprint density at radius 2 is 1.86 bits per heavy atom. The Morgan fingerprint density at radius 3 is 2.54 bits per heavy atom. The number of benzene rings is 2. The van der Waals surface area contributed by atoms with Crippen LogP contribution in [0.2, 0.25) is 0 Å². The predicted octanol–water partition coefficient (Wildman–Crippen LogP) is 4.32. The smallest absolute Gasteiger partial charge is 0.221 e. The zero-order chi connectivity index (χ0) is 20.3. The number of rotatable bonds is 7. The second-order valence-electron chi connectivity index (χ2n) is 6.98. The quantitative estimate of drug-likeness (QED) is 0.595. The van der Waals surface area contributed by atoms with Crippen molar-refractivity contribution in [3.05, 3.63) is 65.5 Å². The lowest BCUT2D eigenvalue weighted by atomic mass is 10.0. The highest BCUT2D eigenvalue weighted by Gasteiger charge is 2.22. The number of imidazole rings is 1. The minimum absolute atomic E-state index is 0.0646. The second kappa shape index (κ2) is 8.29. The van der Waals surface area contributed by atoms with Gasteiger partial charge in [0.1, 0.15) is 17.5 Å². The fraction of sp³-hybridized carbons (Fsp3) is 0.286. The fourth-order valence-corrected chi connectivity index (χ4v) is 2.99. The molecule has 146 valence electrons. The van der Waals surface area contributed by atoms with Gasteiger partial charge in [-0.2, -0.15) is 0 Å². The van der Waals surface area contributed by atoms with Crippen molar-refractivity contribution in [1.82, 2.24) is 15.3 Å². The van der Waals surface area contributed by atoms with Crippen LogP contribution in [0.1, 0.15) is 48.9 Å². The van der Waals surface area contributed by atoms with E-state index in [1.807, 2.05) is 38.1 Å². The van der Waals surface area contributed by atoms with Gasteiger partial charge in [-0.3, -0.25) is 9.59 Å². The zero-order valence-corrected chi connectivity index (χ0v) is 15.6. The molecule has 7 heteroatoms. The molecule has 28 heavy (non-hydrogen) atoms. The first kappa shape index (κ1) is 19.7. The number of carbonyl (C=O) groups excluding carboxylic acids is 2. The maximum atomic E-state index is 13.7. The molecule has 1 heterocycles. The largest absolute Gasteiger partial charge is 0.346 e. The van der Waals surface area contributed by atoms with Gasteiger partial charge in [-0.05, 0) is 30.2 Å². The molecule has 2 aromatic carbocycles. The average molecular weight is 385 g/mol. The van der Waals surface area contributed by atoms with Crippen LogP contribution in [0.15, 0.2) is 42.5 Å². The van der Waals surface area contributed by atoms with Crippen LogP contribution in [-0.2, 0) is 4.79 Å². The molecule has 0 saturated carbocycles. The Hall–Kier alpha value is -3.09. The molecule has 1 atom stereocenters. The van der Waals surface area contributed by atoms with Gasteiger partial charge in [0.2, 0.25) is 5.91 Å². The number of para-hydroxylation sites is 2. The first-order valence-electron chi connectivity index (χ1n) is 9.07. The maximum absolute atomic E-state index is 13.7. The standard InChI is InChI=1S/C21H21F2N3O2/c1-12(2)20(21-24-16-5-3-4-6-17(16)25-21)26-19(28)10-9-18(27)14-8-7-13(22)11-15(14)23/h3-8,11-12,20H,9-10H2,1-2H3,(H,24,25)(H,26,28)/t20-/m0/s1. The van der Waals surface area contributed by atoms with E-state index >= 15 is 0 Å². The molecule has 0 radical (unpaired) electrons. The number of amides is 1. The van der Waals surface area contributed by atoms with Crippen molar-refractivity contribution in [1.29, 1.82) is 0 Å². The SMILES string of the molecule is CC(C)[C@H](NC(=O)CCC(=O)c1ccc(F)cc1F)c1nc2ccccc2[nH]1. The van der Waals surface area contributed by atoms with Crippen LogP contribution in [0, 0.1) is 17.6 Å². The Morgan fingerprint density at radius 1 is 1.11 bits per heavy atom. The minimum Gasteiger partial charge on any atom is -0.346 e. The molecule has 0 aliphatic rings. The number of fused-ring (bicyclic) bond motifs is 1. The van der Waals surface area contributed by atoms with Crippen molar-refractivity contribution in [3.8, 4) is 0 Å². The third kappa shape index (κ3) is 4.42. The number of nitrogens with zero attached hydrogens (tertiary/aromatic N) is 1. The van der Waals surface area contributed by atoms with Crippen molar-refractivity contribution in [2.24, 2.45) is 5.92 Å². The first-order valence-corrected chi connectivity index (χ1v) is 9.07. The second-order valence-corrected chi connectivity index (χ2v) is 6.98. The zero-order valence-electron chi connectivity index (χ0n) is 15.6. The highest BCUT2D eigenvalue weighted by atomic mass is 19.1. The normalized spacial score (nSPS) is 12.3. The van der Waals surface area contributed by atoms with Gasteiger partial charge in [0.05, 0.1) is 22.6 Å². The number of hydrogen-bond acceptors (Lipinski definition) is 3. The lowest BCUT2D eigenvalue weighted by Gasteiger charge is -2.20. The van der Waals surface area contributed by atoms with Gasteiger partial charge in [-0.15, -0.1) is 0 Å². The Bertz CT molecular complexity index is 981. The lowest BCUT2D eigenvalue weighted by molar-refractivity contribution is -0.122. The fourth-order valence-electron chi connectivity index (χ4n) is 2.99. The number of aromatic amines is 1. The van der Waals surface area contributed by atoms with Crippen LogP contribution in [0.5, 0.6) is 0 Å². The monoisotopic (exact) mass is 385 g/mol. The third-order valence-corrected chi connectivity index (χ3v) is 4.50. The van der Waals surface area contributed by atoms with E-state index < -0.39 is 17.4 Å². The molecule has 0 bridgehead atoms. The topological polar surface area (TPSA) is 74.8 Å². The minimum atomic E-state index is -0.923. The van der Waals surface area contributed by atoms with E-state index in [2.05, 4.69) is 15.3 Å². The molecular formula is C21H21F2N3O2. The number of carbonyl (C=O) groups is 2. The number of halogens is 2. The van der Waals surface area contributed by atoms with Gasteiger partial charge >= 0.3 is 0 Å². The number of nitrogens with one attached hydrogen (secondary N) is 2. The van der Waals surface area contributed by atoms with E-state index in [1.54, 1.807) is 0 Å². The highest BCUT2D eigenvalue weighted by molar-refractivity contribution is 5.98. The molecule has 5 nitrogen and oxygen atoms in total. The number of ketones is 1. The van der Waals surface area contributed by atoms with Crippen molar-refractivity contribution >= 4 is 22.7 Å². The van der Waals surface area contributed by atoms with Crippen LogP contribution in [0.4, 0.5) is 8.78 Å². The summed E-state index contributed by atoms with van der Waals surface area (Å²) in [6, 6.07) is 9.99. The number of hydrogen-bond donors (Lipinski definition) is 2. The first-order chi connectivity index (χ1) is 13.3. The lowest BCUT2D eigenvalue weighted by Crippen LogP contribution is -2.32. The van der Waals surface area contributed by atoms with Crippen molar-refractivity contribution in [2.75, 3.05) is 0 Å². The molecule has 3 aromatic rings. The van der Waals surface area contributed by atoms with Gasteiger partial charge < -0.3 is 10.3 Å². The van der Waals surface area contributed by atoms with Crippen molar-refractivity contribution < 1.29 is 18.4 Å². The van der Waals surface area contributed by atoms with Crippen LogP contribution < -0.4 is 5.32 Å². The molecule has 0 aliphatic carbocycles. The highest BCUT2D eigenvalue weighted by Crippen LogP contribution is 2.22. The van der Waals surface area contributed by atoms with E-state index in [0.717, 1.165) is 23.2 Å². The molecule has 0 spiro atoms. The summed E-state index contributed by atoms with van der Waals surface area (Å²) >= 11 is 0. The van der Waals surface area contributed by atoms with E-state index in [1.165, 1.54) is 0 Å². The van der Waals surface area contributed by atoms with Gasteiger partial charge in [-0.25, -0.2) is 13.8 Å². The summed E-state index contributed by atoms with van der Waals surface area (Å²) in [6.45, 7) is 3.91. The van der Waals surface area contributed by atoms with Crippen molar-refractivity contribution in [3.63, 3.8) is 0 Å². The number of Topliss-reactive ketones (excluding diaryl/α,β-unsaturated/α-hetero) is 1. The van der Waals surface area contributed by atoms with Crippen LogP contribution in [0.3, 0.4) is 0 Å². The third-order valence-electron chi connectivity index (χ3n) is 4.50. The summed E-state index contributed by atoms with van der Waals surface area (Å²) < 4.78 is 26.6. The molecule has 1 aromatic heterocycles. The van der Waals surface area contributed by atoms with Gasteiger partial charge in [0.15, 0.2) is 5.78 Å². The van der Waals surface area contributed by atoms with E-state index in [9.17, 15) is 18.4 Å². The Labute approximate surface area is 161 Å². The summed E-state index contributed by atoms with van der Waals surface area (Å²) in [7, 11) is 0. The van der Waals surface area contributed by atoms with E-state index in [-0.39, 0.29) is 36.3 Å². The molecule has 0 unspecified atom stereocenters. The maximum Gasteiger partial charge on any atom is 0.221 e. The summed E-state index contributed by atoms with van der Waals surface area (Å²) in [5.74, 6) is -1.85. The number of H-pyrrole nitrogens is 1. The Kier molecular flexibility index (Phi) is 5.82. The summed E-state index contributed by atoms with van der Waals surface area (Å²) in [6.07, 6.45) is -0.265. The molecular weight excluding hydrogens is 364 g/mol. The number of aromatic nitrogens is 2. The van der Waals surface area contributed by atoms with Gasteiger partial charge in [0, 0.05) is 18.9 Å². The van der Waals surface area contributed by atoms with E-state index in [4.69, 9.17) is 0 Å². The molecule has 3 rings (SSSR count). The molecule has 1 amide bonds.